The summed E-state index contributed by atoms with van der Waals surface area (Å²) in [5.41, 5.74) is 8.96. The van der Waals surface area contributed by atoms with Crippen molar-refractivity contribution in [3.63, 3.8) is 0 Å². The van der Waals surface area contributed by atoms with Crippen molar-refractivity contribution >= 4 is 27.2 Å². The van der Waals surface area contributed by atoms with Crippen LogP contribution in [0, 0.1) is 5.82 Å². The Kier molecular flexibility index (Phi) is 2.60. The molecule has 0 aliphatic heterocycles. The van der Waals surface area contributed by atoms with Crippen molar-refractivity contribution in [3.05, 3.63) is 47.7 Å². The van der Waals surface area contributed by atoms with Crippen molar-refractivity contribution in [2.75, 3.05) is 5.73 Å². The van der Waals surface area contributed by atoms with E-state index < -0.39 is 0 Å². The second-order valence-corrected chi connectivity index (χ2v) is 4.62. The highest BCUT2D eigenvalue weighted by molar-refractivity contribution is 7.16. The molecule has 0 bridgehead atoms. The number of halogens is 1. The van der Waals surface area contributed by atoms with Gasteiger partial charge in [0.1, 0.15) is 22.8 Å². The molecule has 3 nitrogen and oxygen atoms in total. The Morgan fingerprint density at radius 2 is 1.89 bits per heavy atom. The number of nitrogen functional groups attached to an aromatic ring is 1. The lowest BCUT2D eigenvalue weighted by atomic mass is 10.2. The Morgan fingerprint density at radius 3 is 2.67 bits per heavy atom. The molecule has 1 aromatic heterocycles. The lowest BCUT2D eigenvalue weighted by molar-refractivity contribution is 0.483. The van der Waals surface area contributed by atoms with Crippen LogP contribution in [0.2, 0.25) is 0 Å². The summed E-state index contributed by atoms with van der Waals surface area (Å²) in [5, 5.41) is 0. The molecule has 0 fully saturated rings. The zero-order valence-electron chi connectivity index (χ0n) is 9.26. The number of aromatic nitrogens is 1. The molecule has 0 unspecified atom stereocenters. The zero-order chi connectivity index (χ0) is 12.5. The van der Waals surface area contributed by atoms with Crippen LogP contribution in [0.5, 0.6) is 11.5 Å². The number of benzene rings is 2. The van der Waals surface area contributed by atoms with Crippen LogP contribution in [-0.2, 0) is 0 Å². The van der Waals surface area contributed by atoms with Gasteiger partial charge in [-0.3, -0.25) is 0 Å². The highest BCUT2D eigenvalue weighted by Crippen LogP contribution is 2.34. The van der Waals surface area contributed by atoms with Crippen LogP contribution < -0.4 is 10.5 Å². The molecule has 0 spiro atoms. The number of nitrogens with zero attached hydrogens (tertiary/aromatic N) is 1. The molecule has 5 heteroatoms. The predicted molar refractivity (Wildman–Crippen MR) is 70.5 cm³/mol. The van der Waals surface area contributed by atoms with Crippen LogP contribution in [0.15, 0.2) is 41.9 Å². The van der Waals surface area contributed by atoms with Crippen molar-refractivity contribution < 1.29 is 9.13 Å². The predicted octanol–water partition coefficient (Wildman–Crippen LogP) is 3.81. The first-order valence-electron chi connectivity index (χ1n) is 5.29. The van der Waals surface area contributed by atoms with E-state index in [9.17, 15) is 4.39 Å². The Labute approximate surface area is 107 Å². The van der Waals surface area contributed by atoms with E-state index in [2.05, 4.69) is 4.98 Å². The van der Waals surface area contributed by atoms with Gasteiger partial charge in [-0.25, -0.2) is 9.37 Å². The topological polar surface area (TPSA) is 48.1 Å². The number of hydrogen-bond donors (Lipinski definition) is 1. The third-order valence-corrected chi connectivity index (χ3v) is 3.34. The van der Waals surface area contributed by atoms with Crippen molar-refractivity contribution in [1.29, 1.82) is 0 Å². The smallest absolute Gasteiger partial charge is 0.152 e. The minimum atomic E-state index is -0.301. The number of thiazole rings is 1. The van der Waals surface area contributed by atoms with Gasteiger partial charge in [-0.05, 0) is 36.4 Å². The highest BCUT2D eigenvalue weighted by Gasteiger charge is 2.08. The molecule has 0 saturated carbocycles. The molecule has 1 heterocycles. The van der Waals surface area contributed by atoms with Crippen molar-refractivity contribution in [1.82, 2.24) is 4.98 Å². The van der Waals surface area contributed by atoms with Gasteiger partial charge < -0.3 is 10.5 Å². The van der Waals surface area contributed by atoms with Gasteiger partial charge in [0.25, 0.3) is 0 Å². The van der Waals surface area contributed by atoms with Crippen LogP contribution in [0.1, 0.15) is 0 Å². The monoisotopic (exact) mass is 260 g/mol. The molecular formula is C13H9FN2OS. The zero-order valence-corrected chi connectivity index (χ0v) is 10.1. The molecule has 0 aliphatic carbocycles. The van der Waals surface area contributed by atoms with Gasteiger partial charge in [0, 0.05) is 0 Å². The Hall–Kier alpha value is -2.14. The minimum Gasteiger partial charge on any atom is -0.455 e. The van der Waals surface area contributed by atoms with Crippen LogP contribution in [-0.4, -0.2) is 4.98 Å². The second-order valence-electron chi connectivity index (χ2n) is 3.73. The third-order valence-electron chi connectivity index (χ3n) is 2.54. The molecule has 2 aromatic carbocycles. The van der Waals surface area contributed by atoms with Gasteiger partial charge in [-0.1, -0.05) is 0 Å². The van der Waals surface area contributed by atoms with E-state index in [-0.39, 0.29) is 5.82 Å². The molecule has 2 N–H and O–H groups in total. The summed E-state index contributed by atoms with van der Waals surface area (Å²) in [6, 6.07) is 9.49. The maximum Gasteiger partial charge on any atom is 0.152 e. The molecule has 0 aliphatic rings. The number of fused-ring (bicyclic) bond motifs is 1. The Bertz CT molecular complexity index is 694. The van der Waals surface area contributed by atoms with Crippen molar-refractivity contribution in [3.8, 4) is 11.5 Å². The van der Waals surface area contributed by atoms with E-state index in [4.69, 9.17) is 10.5 Å². The summed E-state index contributed by atoms with van der Waals surface area (Å²) in [5.74, 6) is 0.767. The van der Waals surface area contributed by atoms with Gasteiger partial charge in [-0.15, -0.1) is 11.3 Å². The van der Waals surface area contributed by atoms with Crippen molar-refractivity contribution in [2.24, 2.45) is 0 Å². The normalized spacial score (nSPS) is 10.7. The summed E-state index contributed by atoms with van der Waals surface area (Å²) in [6.07, 6.45) is 0. The fourth-order valence-corrected chi connectivity index (χ4v) is 2.34. The molecule has 90 valence electrons. The van der Waals surface area contributed by atoms with Crippen LogP contribution in [0.3, 0.4) is 0 Å². The van der Waals surface area contributed by atoms with E-state index >= 15 is 0 Å². The molecule has 0 radical (unpaired) electrons. The first-order chi connectivity index (χ1) is 8.74. The standard InChI is InChI=1S/C13H9FN2OS/c14-8-1-3-9(4-2-8)17-10-5-6-11-13(12(10)15)16-7-18-11/h1-7H,15H2. The largest absolute Gasteiger partial charge is 0.455 e. The number of anilines is 1. The molecule has 0 atom stereocenters. The number of rotatable bonds is 2. The number of hydrogen-bond acceptors (Lipinski definition) is 4. The van der Waals surface area contributed by atoms with Gasteiger partial charge >= 0.3 is 0 Å². The SMILES string of the molecule is Nc1c(Oc2ccc(F)cc2)ccc2scnc12. The lowest BCUT2D eigenvalue weighted by Crippen LogP contribution is -1.93. The van der Waals surface area contributed by atoms with E-state index in [1.807, 2.05) is 6.07 Å². The summed E-state index contributed by atoms with van der Waals surface area (Å²) in [6.45, 7) is 0. The van der Waals surface area contributed by atoms with Crippen LogP contribution in [0.4, 0.5) is 10.1 Å². The van der Waals surface area contributed by atoms with E-state index in [1.165, 1.54) is 23.5 Å². The number of ether oxygens (including phenoxy) is 1. The maximum atomic E-state index is 12.8. The molecule has 3 aromatic rings. The van der Waals surface area contributed by atoms with Crippen LogP contribution in [0.25, 0.3) is 10.2 Å². The van der Waals surface area contributed by atoms with E-state index in [1.54, 1.807) is 23.7 Å². The van der Waals surface area contributed by atoms with Gasteiger partial charge in [0.15, 0.2) is 5.75 Å². The first-order valence-corrected chi connectivity index (χ1v) is 6.17. The summed E-state index contributed by atoms with van der Waals surface area (Å²) < 4.78 is 19.4. The fraction of sp³-hybridized carbons (Fsp3) is 0. The average Bonchev–Trinajstić information content (AvgIpc) is 2.84. The van der Waals surface area contributed by atoms with Gasteiger partial charge in [-0.2, -0.15) is 0 Å². The molecule has 3 rings (SSSR count). The average molecular weight is 260 g/mol. The maximum absolute atomic E-state index is 12.8. The van der Waals surface area contributed by atoms with E-state index in [0.29, 0.717) is 17.2 Å². The van der Waals surface area contributed by atoms with Gasteiger partial charge in [0.2, 0.25) is 0 Å². The van der Waals surface area contributed by atoms with Crippen LogP contribution >= 0.6 is 11.3 Å². The fourth-order valence-electron chi connectivity index (χ4n) is 1.65. The van der Waals surface area contributed by atoms with Crippen molar-refractivity contribution in [2.45, 2.75) is 0 Å². The Morgan fingerprint density at radius 1 is 1.11 bits per heavy atom. The molecule has 0 saturated heterocycles. The first kappa shape index (κ1) is 11.0. The number of nitrogens with two attached hydrogens (primary N) is 1. The minimum absolute atomic E-state index is 0.301. The quantitative estimate of drug-likeness (QED) is 0.713. The van der Waals surface area contributed by atoms with Gasteiger partial charge in [0.05, 0.1) is 10.2 Å². The second kappa shape index (κ2) is 4.27. The summed E-state index contributed by atoms with van der Waals surface area (Å²) in [4.78, 5) is 4.19. The lowest BCUT2D eigenvalue weighted by Gasteiger charge is -2.08. The summed E-state index contributed by atoms with van der Waals surface area (Å²) >= 11 is 1.52. The molecular weight excluding hydrogens is 251 g/mol. The van der Waals surface area contributed by atoms with E-state index in [0.717, 1.165) is 10.2 Å². The highest BCUT2D eigenvalue weighted by atomic mass is 32.1. The third kappa shape index (κ3) is 1.89. The summed E-state index contributed by atoms with van der Waals surface area (Å²) in [7, 11) is 0. The Balaban J connectivity index is 1.99. The molecule has 18 heavy (non-hydrogen) atoms. The molecule has 0 amide bonds.